The van der Waals surface area contributed by atoms with Crippen molar-refractivity contribution in [1.29, 1.82) is 0 Å². The molecular weight excluding hydrogens is 520 g/mol. The summed E-state index contributed by atoms with van der Waals surface area (Å²) in [4.78, 5) is 31.9. The van der Waals surface area contributed by atoms with Gasteiger partial charge in [-0.15, -0.1) is 0 Å². The standard InChI is InChI=1S/C28H31ClN6O4/c1-2-38-16-15-35-25(31-22-7-8-23(28(36)37)32-27(22)35)18-34-13-10-21(11-14-34)39-26-9-12-30-24(33-26)17-19-3-5-20(29)6-4-19/h3-9,12,21H,2,10-11,13-18H2,1H3,(H,36,37). The highest BCUT2D eigenvalue weighted by Gasteiger charge is 2.24. The summed E-state index contributed by atoms with van der Waals surface area (Å²) >= 11 is 5.99. The van der Waals surface area contributed by atoms with Gasteiger partial charge in [0, 0.05) is 49.9 Å². The van der Waals surface area contributed by atoms with Gasteiger partial charge >= 0.3 is 5.97 Å². The maximum atomic E-state index is 11.5. The number of benzene rings is 1. The first-order valence-electron chi connectivity index (χ1n) is 13.1. The molecule has 4 aromatic rings. The topological polar surface area (TPSA) is 115 Å². The van der Waals surface area contributed by atoms with Crippen molar-refractivity contribution in [3.05, 3.63) is 76.6 Å². The fourth-order valence-electron chi connectivity index (χ4n) is 4.70. The number of pyridine rings is 1. The zero-order valence-corrected chi connectivity index (χ0v) is 22.5. The van der Waals surface area contributed by atoms with E-state index in [0.29, 0.717) is 60.6 Å². The fourth-order valence-corrected chi connectivity index (χ4v) is 4.82. The second-order valence-corrected chi connectivity index (χ2v) is 9.87. The molecule has 0 amide bonds. The van der Waals surface area contributed by atoms with Gasteiger partial charge in [-0.3, -0.25) is 4.90 Å². The van der Waals surface area contributed by atoms with Crippen LogP contribution >= 0.6 is 11.6 Å². The number of ether oxygens (including phenoxy) is 2. The molecule has 0 saturated carbocycles. The number of hydrogen-bond acceptors (Lipinski definition) is 8. The predicted molar refractivity (Wildman–Crippen MR) is 146 cm³/mol. The van der Waals surface area contributed by atoms with Crippen LogP contribution in [0.4, 0.5) is 0 Å². The summed E-state index contributed by atoms with van der Waals surface area (Å²) < 4.78 is 13.8. The van der Waals surface area contributed by atoms with E-state index in [1.807, 2.05) is 35.8 Å². The van der Waals surface area contributed by atoms with Crippen molar-refractivity contribution < 1.29 is 19.4 Å². The molecule has 39 heavy (non-hydrogen) atoms. The molecule has 1 saturated heterocycles. The normalized spacial score (nSPS) is 14.6. The molecule has 1 fully saturated rings. The predicted octanol–water partition coefficient (Wildman–Crippen LogP) is 4.24. The molecule has 204 valence electrons. The van der Waals surface area contributed by atoms with Gasteiger partial charge in [0.05, 0.1) is 13.2 Å². The molecule has 0 radical (unpaired) electrons. The van der Waals surface area contributed by atoms with Crippen molar-refractivity contribution in [2.45, 2.75) is 45.4 Å². The Balaban J connectivity index is 1.20. The monoisotopic (exact) mass is 550 g/mol. The highest BCUT2D eigenvalue weighted by Crippen LogP contribution is 2.22. The Kier molecular flexibility index (Phi) is 8.65. The van der Waals surface area contributed by atoms with Gasteiger partial charge in [-0.25, -0.2) is 19.7 Å². The molecule has 1 aliphatic heterocycles. The van der Waals surface area contributed by atoms with Crippen LogP contribution in [0.25, 0.3) is 11.2 Å². The smallest absolute Gasteiger partial charge is 0.354 e. The summed E-state index contributed by atoms with van der Waals surface area (Å²) in [7, 11) is 0. The Labute approximate surface area is 231 Å². The van der Waals surface area contributed by atoms with Gasteiger partial charge in [-0.05, 0) is 49.6 Å². The van der Waals surface area contributed by atoms with Gasteiger partial charge in [0.25, 0.3) is 0 Å². The van der Waals surface area contributed by atoms with Crippen LogP contribution < -0.4 is 4.74 Å². The summed E-state index contributed by atoms with van der Waals surface area (Å²) in [5.74, 6) is 1.09. The number of aromatic nitrogens is 5. The molecule has 0 aliphatic carbocycles. The fraction of sp³-hybridized carbons (Fsp3) is 0.393. The lowest BCUT2D eigenvalue weighted by molar-refractivity contribution is 0.0691. The maximum absolute atomic E-state index is 11.5. The van der Waals surface area contributed by atoms with Crippen molar-refractivity contribution in [3.63, 3.8) is 0 Å². The van der Waals surface area contributed by atoms with E-state index in [-0.39, 0.29) is 11.8 Å². The Morgan fingerprint density at radius 1 is 1.08 bits per heavy atom. The second-order valence-electron chi connectivity index (χ2n) is 9.43. The Morgan fingerprint density at radius 2 is 1.87 bits per heavy atom. The number of nitrogens with zero attached hydrogens (tertiary/aromatic N) is 6. The van der Waals surface area contributed by atoms with E-state index in [4.69, 9.17) is 26.1 Å². The van der Waals surface area contributed by atoms with E-state index in [0.717, 1.165) is 37.3 Å². The van der Waals surface area contributed by atoms with Gasteiger partial charge < -0.3 is 19.1 Å². The minimum Gasteiger partial charge on any atom is -0.477 e. The Bertz CT molecular complexity index is 1420. The molecule has 5 rings (SSSR count). The first kappa shape index (κ1) is 27.0. The summed E-state index contributed by atoms with van der Waals surface area (Å²) in [6.45, 7) is 5.94. The average molecular weight is 551 g/mol. The molecule has 0 atom stereocenters. The molecule has 1 aliphatic rings. The van der Waals surface area contributed by atoms with Crippen molar-refractivity contribution in [2.75, 3.05) is 26.3 Å². The largest absolute Gasteiger partial charge is 0.477 e. The third-order valence-electron chi connectivity index (χ3n) is 6.70. The number of carbonyl (C=O) groups is 1. The van der Waals surface area contributed by atoms with Crippen LogP contribution in [0, 0.1) is 0 Å². The van der Waals surface area contributed by atoms with Gasteiger partial charge in [0.15, 0.2) is 11.3 Å². The molecular formula is C28H31ClN6O4. The molecule has 1 N–H and O–H groups in total. The second kappa shape index (κ2) is 12.5. The first-order valence-corrected chi connectivity index (χ1v) is 13.5. The summed E-state index contributed by atoms with van der Waals surface area (Å²) in [6, 6.07) is 12.7. The van der Waals surface area contributed by atoms with Crippen LogP contribution in [0.1, 0.15) is 47.5 Å². The van der Waals surface area contributed by atoms with Gasteiger partial charge in [-0.1, -0.05) is 23.7 Å². The number of hydrogen-bond donors (Lipinski definition) is 1. The number of piperidine rings is 1. The molecule has 3 aromatic heterocycles. The van der Waals surface area contributed by atoms with E-state index >= 15 is 0 Å². The molecule has 1 aromatic carbocycles. The van der Waals surface area contributed by atoms with E-state index in [1.165, 1.54) is 6.07 Å². The lowest BCUT2D eigenvalue weighted by Gasteiger charge is -2.31. The number of carboxylic acids is 1. The Morgan fingerprint density at radius 3 is 2.62 bits per heavy atom. The van der Waals surface area contributed by atoms with Crippen molar-refractivity contribution in [3.8, 4) is 5.88 Å². The number of halogens is 1. The molecule has 11 heteroatoms. The maximum Gasteiger partial charge on any atom is 0.354 e. The number of aromatic carboxylic acids is 1. The summed E-state index contributed by atoms with van der Waals surface area (Å²) in [5.41, 5.74) is 2.35. The first-order chi connectivity index (χ1) is 19.0. The lowest BCUT2D eigenvalue weighted by atomic mass is 10.1. The Hall–Kier alpha value is -3.60. The van der Waals surface area contributed by atoms with Crippen LogP contribution in [-0.2, 0) is 24.2 Å². The quantitative estimate of drug-likeness (QED) is 0.274. The van der Waals surface area contributed by atoms with Crippen LogP contribution in [-0.4, -0.2) is 72.9 Å². The van der Waals surface area contributed by atoms with Crippen molar-refractivity contribution >= 4 is 28.7 Å². The van der Waals surface area contributed by atoms with Crippen LogP contribution in [0.3, 0.4) is 0 Å². The number of imidazole rings is 1. The molecule has 0 spiro atoms. The average Bonchev–Trinajstić information content (AvgIpc) is 3.27. The minimum absolute atomic E-state index is 0.00520. The number of rotatable bonds is 11. The lowest BCUT2D eigenvalue weighted by Crippen LogP contribution is -2.38. The molecule has 10 nitrogen and oxygen atoms in total. The van der Waals surface area contributed by atoms with Crippen LogP contribution in [0.5, 0.6) is 5.88 Å². The zero-order valence-electron chi connectivity index (χ0n) is 21.8. The SMILES string of the molecule is CCOCCn1c(CN2CCC(Oc3ccnc(Cc4ccc(Cl)cc4)n3)CC2)nc2ccc(C(=O)O)nc21. The van der Waals surface area contributed by atoms with Crippen LogP contribution in [0.15, 0.2) is 48.7 Å². The number of fused-ring (bicyclic) bond motifs is 1. The third-order valence-corrected chi connectivity index (χ3v) is 6.95. The van der Waals surface area contributed by atoms with Crippen molar-refractivity contribution in [1.82, 2.24) is 29.4 Å². The van der Waals surface area contributed by atoms with E-state index in [2.05, 4.69) is 19.9 Å². The molecule has 0 bridgehead atoms. The zero-order chi connectivity index (χ0) is 27.2. The van der Waals surface area contributed by atoms with E-state index < -0.39 is 5.97 Å². The van der Waals surface area contributed by atoms with E-state index in [9.17, 15) is 9.90 Å². The van der Waals surface area contributed by atoms with Gasteiger partial charge in [0.2, 0.25) is 5.88 Å². The van der Waals surface area contributed by atoms with Crippen molar-refractivity contribution in [2.24, 2.45) is 0 Å². The van der Waals surface area contributed by atoms with Crippen LogP contribution in [0.2, 0.25) is 5.02 Å². The minimum atomic E-state index is -1.06. The molecule has 4 heterocycles. The summed E-state index contributed by atoms with van der Waals surface area (Å²) in [6.07, 6.45) is 4.13. The molecule has 0 unspecified atom stereocenters. The van der Waals surface area contributed by atoms with E-state index in [1.54, 1.807) is 18.3 Å². The number of likely N-dealkylation sites (tertiary alicyclic amines) is 1. The third kappa shape index (κ3) is 6.89. The van der Waals surface area contributed by atoms with Gasteiger partial charge in [-0.2, -0.15) is 4.98 Å². The number of carboxylic acid groups (broad SMARTS) is 1. The highest BCUT2D eigenvalue weighted by molar-refractivity contribution is 6.30. The highest BCUT2D eigenvalue weighted by atomic mass is 35.5. The van der Waals surface area contributed by atoms with Gasteiger partial charge in [0.1, 0.15) is 23.3 Å². The summed E-state index contributed by atoms with van der Waals surface area (Å²) in [5, 5.41) is 10.1.